The number of carboxylic acids is 1. The van der Waals surface area contributed by atoms with Gasteiger partial charge in [0, 0.05) is 13.0 Å². The van der Waals surface area contributed by atoms with E-state index in [0.717, 1.165) is 5.56 Å². The SMILES string of the molecule is NCC(=O)NCC(=O)NC(CCCN=C(N)N)C(=O)NC(Cc1ccccc1)C(=O)O. The Morgan fingerprint density at radius 3 is 2.26 bits per heavy atom. The molecule has 0 aliphatic rings. The van der Waals surface area contributed by atoms with E-state index in [1.54, 1.807) is 30.3 Å². The fraction of sp³-hybridized carbons (Fsp3) is 0.421. The lowest BCUT2D eigenvalue weighted by molar-refractivity contribution is -0.142. The Bertz CT molecular complexity index is 781. The molecular formula is C19H29N7O5. The minimum Gasteiger partial charge on any atom is -0.480 e. The van der Waals surface area contributed by atoms with Crippen LogP contribution in [0.2, 0.25) is 0 Å². The lowest BCUT2D eigenvalue weighted by atomic mass is 10.0. The molecule has 0 heterocycles. The van der Waals surface area contributed by atoms with Crippen LogP contribution in [0.3, 0.4) is 0 Å². The summed E-state index contributed by atoms with van der Waals surface area (Å²) in [7, 11) is 0. The van der Waals surface area contributed by atoms with E-state index in [1.165, 1.54) is 0 Å². The first kappa shape index (κ1) is 25.4. The average molecular weight is 435 g/mol. The van der Waals surface area contributed by atoms with Crippen molar-refractivity contribution in [2.75, 3.05) is 19.6 Å². The molecule has 0 saturated carbocycles. The number of carbonyl (C=O) groups is 4. The van der Waals surface area contributed by atoms with Gasteiger partial charge in [0.2, 0.25) is 17.7 Å². The largest absolute Gasteiger partial charge is 0.480 e. The van der Waals surface area contributed by atoms with Gasteiger partial charge in [0.25, 0.3) is 0 Å². The molecule has 0 aliphatic carbocycles. The highest BCUT2D eigenvalue weighted by Gasteiger charge is 2.26. The van der Waals surface area contributed by atoms with Crippen molar-refractivity contribution in [3.63, 3.8) is 0 Å². The molecule has 0 aliphatic heterocycles. The van der Waals surface area contributed by atoms with Gasteiger partial charge in [-0.2, -0.15) is 0 Å². The third-order valence-electron chi connectivity index (χ3n) is 4.13. The fourth-order valence-corrected chi connectivity index (χ4v) is 2.59. The van der Waals surface area contributed by atoms with Gasteiger partial charge in [0.1, 0.15) is 12.1 Å². The zero-order valence-electron chi connectivity index (χ0n) is 17.0. The number of carboxylic acid groups (broad SMARTS) is 1. The molecule has 12 heteroatoms. The van der Waals surface area contributed by atoms with Gasteiger partial charge >= 0.3 is 5.97 Å². The standard InChI is InChI=1S/C19H29N7O5/c20-10-15(27)24-11-16(28)25-13(7-4-8-23-19(21)22)17(29)26-14(18(30)31)9-12-5-2-1-3-6-12/h1-3,5-6,13-14H,4,7-11,20H2,(H,24,27)(H,25,28)(H,26,29)(H,30,31)(H4,21,22,23). The number of guanidine groups is 1. The maximum Gasteiger partial charge on any atom is 0.326 e. The molecule has 0 radical (unpaired) electrons. The predicted octanol–water partition coefficient (Wildman–Crippen LogP) is -2.59. The first-order valence-corrected chi connectivity index (χ1v) is 9.61. The van der Waals surface area contributed by atoms with E-state index < -0.39 is 35.8 Å². The molecule has 0 aromatic heterocycles. The highest BCUT2D eigenvalue weighted by Crippen LogP contribution is 2.05. The maximum absolute atomic E-state index is 12.7. The Hall–Kier alpha value is -3.67. The van der Waals surface area contributed by atoms with Crippen molar-refractivity contribution in [1.82, 2.24) is 16.0 Å². The van der Waals surface area contributed by atoms with Gasteiger partial charge in [0.05, 0.1) is 13.1 Å². The maximum atomic E-state index is 12.7. The highest BCUT2D eigenvalue weighted by molar-refractivity contribution is 5.92. The van der Waals surface area contributed by atoms with Gasteiger partial charge in [-0.05, 0) is 18.4 Å². The molecule has 2 unspecified atom stereocenters. The van der Waals surface area contributed by atoms with Crippen molar-refractivity contribution >= 4 is 29.7 Å². The van der Waals surface area contributed by atoms with Gasteiger partial charge in [-0.3, -0.25) is 19.4 Å². The molecular weight excluding hydrogens is 406 g/mol. The first-order chi connectivity index (χ1) is 14.7. The van der Waals surface area contributed by atoms with Crippen LogP contribution >= 0.6 is 0 Å². The van der Waals surface area contributed by atoms with Crippen molar-refractivity contribution in [3.05, 3.63) is 35.9 Å². The summed E-state index contributed by atoms with van der Waals surface area (Å²) in [5, 5.41) is 16.7. The summed E-state index contributed by atoms with van der Waals surface area (Å²) in [5.74, 6) is -3.15. The minimum absolute atomic E-state index is 0.0726. The summed E-state index contributed by atoms with van der Waals surface area (Å²) < 4.78 is 0. The van der Waals surface area contributed by atoms with E-state index in [2.05, 4.69) is 20.9 Å². The number of aliphatic carboxylic acids is 1. The second-order valence-corrected chi connectivity index (χ2v) is 6.64. The molecule has 1 aromatic rings. The summed E-state index contributed by atoms with van der Waals surface area (Å²) in [5.41, 5.74) is 16.4. The lowest BCUT2D eigenvalue weighted by Crippen LogP contribution is -2.53. The summed E-state index contributed by atoms with van der Waals surface area (Å²) in [6.45, 7) is -0.437. The zero-order valence-corrected chi connectivity index (χ0v) is 17.0. The van der Waals surface area contributed by atoms with Crippen LogP contribution in [0.25, 0.3) is 0 Å². The van der Waals surface area contributed by atoms with Gasteiger partial charge in [-0.25, -0.2) is 4.79 Å². The number of nitrogens with zero attached hydrogens (tertiary/aromatic N) is 1. The van der Waals surface area contributed by atoms with Gasteiger partial charge in [0.15, 0.2) is 5.96 Å². The third-order valence-corrected chi connectivity index (χ3v) is 4.13. The number of carbonyl (C=O) groups excluding carboxylic acids is 3. The van der Waals surface area contributed by atoms with E-state index in [1.807, 2.05) is 0 Å². The number of aliphatic imine (C=N–C) groups is 1. The fourth-order valence-electron chi connectivity index (χ4n) is 2.59. The number of hydrogen-bond acceptors (Lipinski definition) is 6. The Morgan fingerprint density at radius 1 is 1.00 bits per heavy atom. The van der Waals surface area contributed by atoms with Crippen molar-refractivity contribution in [3.8, 4) is 0 Å². The molecule has 0 fully saturated rings. The van der Waals surface area contributed by atoms with Crippen LogP contribution in [0.4, 0.5) is 0 Å². The lowest BCUT2D eigenvalue weighted by Gasteiger charge is -2.21. The molecule has 3 amide bonds. The number of nitrogens with one attached hydrogen (secondary N) is 3. The number of hydrogen-bond donors (Lipinski definition) is 7. The van der Waals surface area contributed by atoms with Crippen molar-refractivity contribution in [2.24, 2.45) is 22.2 Å². The number of nitrogens with two attached hydrogens (primary N) is 3. The quantitative estimate of drug-likeness (QED) is 0.0988. The molecule has 31 heavy (non-hydrogen) atoms. The van der Waals surface area contributed by atoms with Crippen LogP contribution in [-0.2, 0) is 25.6 Å². The summed E-state index contributed by atoms with van der Waals surface area (Å²) >= 11 is 0. The molecule has 12 nitrogen and oxygen atoms in total. The molecule has 0 saturated heterocycles. The summed E-state index contributed by atoms with van der Waals surface area (Å²) in [6.07, 6.45) is 0.571. The van der Waals surface area contributed by atoms with E-state index in [4.69, 9.17) is 17.2 Å². The topological polar surface area (TPSA) is 215 Å². The monoisotopic (exact) mass is 435 g/mol. The molecule has 0 bridgehead atoms. The van der Waals surface area contributed by atoms with Gasteiger partial charge in [-0.1, -0.05) is 30.3 Å². The Kier molecular flexibility index (Phi) is 11.1. The van der Waals surface area contributed by atoms with Gasteiger partial charge in [-0.15, -0.1) is 0 Å². The van der Waals surface area contributed by atoms with Crippen LogP contribution in [-0.4, -0.2) is 66.5 Å². The van der Waals surface area contributed by atoms with Crippen LogP contribution in [0.5, 0.6) is 0 Å². The van der Waals surface area contributed by atoms with Crippen LogP contribution in [0.1, 0.15) is 18.4 Å². The minimum atomic E-state index is -1.21. The second-order valence-electron chi connectivity index (χ2n) is 6.64. The molecule has 0 spiro atoms. The Morgan fingerprint density at radius 2 is 1.68 bits per heavy atom. The van der Waals surface area contributed by atoms with E-state index >= 15 is 0 Å². The molecule has 1 aromatic carbocycles. The molecule has 170 valence electrons. The zero-order chi connectivity index (χ0) is 23.2. The van der Waals surface area contributed by atoms with Crippen molar-refractivity contribution in [1.29, 1.82) is 0 Å². The molecule has 1 rings (SSSR count). The van der Waals surface area contributed by atoms with Crippen LogP contribution in [0, 0.1) is 0 Å². The number of rotatable bonds is 13. The van der Waals surface area contributed by atoms with E-state index in [0.29, 0.717) is 6.42 Å². The predicted molar refractivity (Wildman–Crippen MR) is 114 cm³/mol. The highest BCUT2D eigenvalue weighted by atomic mass is 16.4. The smallest absolute Gasteiger partial charge is 0.326 e. The molecule has 2 atom stereocenters. The Balaban J connectivity index is 2.80. The van der Waals surface area contributed by atoms with Crippen LogP contribution in [0.15, 0.2) is 35.3 Å². The van der Waals surface area contributed by atoms with E-state index in [-0.39, 0.29) is 38.4 Å². The average Bonchev–Trinajstić information content (AvgIpc) is 2.73. The van der Waals surface area contributed by atoms with Crippen LogP contribution < -0.4 is 33.2 Å². The molecule has 10 N–H and O–H groups in total. The third kappa shape index (κ3) is 10.6. The van der Waals surface area contributed by atoms with Crippen molar-refractivity contribution < 1.29 is 24.3 Å². The summed E-state index contributed by atoms with van der Waals surface area (Å²) in [4.78, 5) is 51.5. The number of benzene rings is 1. The normalized spacial score (nSPS) is 12.2. The van der Waals surface area contributed by atoms with Gasteiger partial charge < -0.3 is 38.3 Å². The van der Waals surface area contributed by atoms with E-state index in [9.17, 15) is 24.3 Å². The second kappa shape index (κ2) is 13.5. The van der Waals surface area contributed by atoms with Crippen molar-refractivity contribution in [2.45, 2.75) is 31.3 Å². The Labute approximate surface area is 179 Å². The first-order valence-electron chi connectivity index (χ1n) is 9.61. The summed E-state index contributed by atoms with van der Waals surface area (Å²) in [6, 6.07) is 6.58. The number of amides is 3.